The highest BCUT2D eigenvalue weighted by Crippen LogP contribution is 2.28. The fourth-order valence-corrected chi connectivity index (χ4v) is 2.65. The summed E-state index contributed by atoms with van der Waals surface area (Å²) >= 11 is 4.80. The number of thiazole rings is 1. The third-order valence-corrected chi connectivity index (χ3v) is 4.72. The van der Waals surface area contributed by atoms with Crippen LogP contribution in [-0.2, 0) is 4.74 Å². The molecular weight excluding hydrogens is 328 g/mol. The van der Waals surface area contributed by atoms with Crippen LogP contribution in [0.4, 0.5) is 10.8 Å². The first-order valence-electron chi connectivity index (χ1n) is 5.59. The van der Waals surface area contributed by atoms with Gasteiger partial charge in [0.1, 0.15) is 4.88 Å². The molecule has 0 saturated carbocycles. The largest absolute Gasteiger partial charge is 0.465 e. The highest BCUT2D eigenvalue weighted by Gasteiger charge is 2.11. The van der Waals surface area contributed by atoms with Crippen molar-refractivity contribution >= 4 is 44.1 Å². The first kappa shape index (κ1) is 14.0. The van der Waals surface area contributed by atoms with Crippen LogP contribution in [0.2, 0.25) is 0 Å². The quantitative estimate of drug-likeness (QED) is 0.856. The average molecular weight is 341 g/mol. The van der Waals surface area contributed by atoms with Crippen LogP contribution in [0.3, 0.4) is 0 Å². The van der Waals surface area contributed by atoms with Crippen LogP contribution >= 0.6 is 27.3 Å². The van der Waals surface area contributed by atoms with Crippen molar-refractivity contribution in [2.45, 2.75) is 13.8 Å². The number of hydrogen-bond donors (Lipinski definition) is 1. The van der Waals surface area contributed by atoms with Gasteiger partial charge in [-0.1, -0.05) is 27.3 Å². The van der Waals surface area contributed by atoms with Crippen molar-refractivity contribution in [1.29, 1.82) is 0 Å². The van der Waals surface area contributed by atoms with Crippen molar-refractivity contribution in [1.82, 2.24) is 4.98 Å². The zero-order chi connectivity index (χ0) is 14.0. The number of nitrogens with one attached hydrogen (secondary N) is 1. The van der Waals surface area contributed by atoms with Crippen LogP contribution in [0.15, 0.2) is 22.8 Å². The Morgan fingerprint density at radius 2 is 2.00 bits per heavy atom. The topological polar surface area (TPSA) is 51.2 Å². The maximum absolute atomic E-state index is 11.3. The van der Waals surface area contributed by atoms with Gasteiger partial charge in [0.2, 0.25) is 0 Å². The summed E-state index contributed by atoms with van der Waals surface area (Å²) in [5.41, 5.74) is 3.24. The molecule has 0 atom stereocenters. The van der Waals surface area contributed by atoms with Crippen LogP contribution in [-0.4, -0.2) is 18.1 Å². The van der Waals surface area contributed by atoms with Crippen molar-refractivity contribution in [2.24, 2.45) is 0 Å². The standard InChI is InChI=1S/C13H13BrN2O2S/c1-7-4-9(5-8(2)11(7)14)16-13-15-6-10(19-13)12(17)18-3/h4-6H,1-3H3,(H,15,16). The van der Waals surface area contributed by atoms with E-state index in [1.807, 2.05) is 26.0 Å². The lowest BCUT2D eigenvalue weighted by Crippen LogP contribution is -1.96. The van der Waals surface area contributed by atoms with Crippen molar-refractivity contribution in [3.8, 4) is 0 Å². The van der Waals surface area contributed by atoms with E-state index in [2.05, 4.69) is 31.0 Å². The molecule has 4 nitrogen and oxygen atoms in total. The molecule has 1 aromatic heterocycles. The van der Waals surface area contributed by atoms with E-state index in [-0.39, 0.29) is 5.97 Å². The highest BCUT2D eigenvalue weighted by molar-refractivity contribution is 9.10. The summed E-state index contributed by atoms with van der Waals surface area (Å²) in [5.74, 6) is -0.367. The molecule has 0 fully saturated rings. The van der Waals surface area contributed by atoms with Gasteiger partial charge in [-0.15, -0.1) is 0 Å². The summed E-state index contributed by atoms with van der Waals surface area (Å²) in [5, 5.41) is 3.86. The molecule has 6 heteroatoms. The number of rotatable bonds is 3. The number of halogens is 1. The highest BCUT2D eigenvalue weighted by atomic mass is 79.9. The van der Waals surface area contributed by atoms with Gasteiger partial charge in [0.05, 0.1) is 13.3 Å². The van der Waals surface area contributed by atoms with Gasteiger partial charge < -0.3 is 10.1 Å². The molecule has 2 rings (SSSR count). The molecule has 0 bridgehead atoms. The van der Waals surface area contributed by atoms with Gasteiger partial charge in [-0.2, -0.15) is 0 Å². The third-order valence-electron chi connectivity index (χ3n) is 2.58. The maximum atomic E-state index is 11.3. The van der Waals surface area contributed by atoms with Gasteiger partial charge >= 0.3 is 5.97 Å². The Kier molecular flexibility index (Phi) is 4.21. The van der Waals surface area contributed by atoms with E-state index in [4.69, 9.17) is 0 Å². The lowest BCUT2D eigenvalue weighted by molar-refractivity contribution is 0.0606. The minimum absolute atomic E-state index is 0.367. The molecule has 1 N–H and O–H groups in total. The first-order chi connectivity index (χ1) is 9.01. The van der Waals surface area contributed by atoms with Gasteiger partial charge in [-0.05, 0) is 37.1 Å². The number of esters is 1. The Bertz CT molecular complexity index is 602. The minimum atomic E-state index is -0.367. The number of hydrogen-bond acceptors (Lipinski definition) is 5. The first-order valence-corrected chi connectivity index (χ1v) is 7.20. The lowest BCUT2D eigenvalue weighted by atomic mass is 10.1. The number of aromatic nitrogens is 1. The van der Waals surface area contributed by atoms with Crippen LogP contribution in [0, 0.1) is 13.8 Å². The van der Waals surface area contributed by atoms with E-state index < -0.39 is 0 Å². The van der Waals surface area contributed by atoms with Crippen molar-refractivity contribution in [3.63, 3.8) is 0 Å². The lowest BCUT2D eigenvalue weighted by Gasteiger charge is -2.08. The molecule has 0 unspecified atom stereocenters. The van der Waals surface area contributed by atoms with Gasteiger partial charge in [0, 0.05) is 10.2 Å². The van der Waals surface area contributed by atoms with Crippen molar-refractivity contribution in [3.05, 3.63) is 38.8 Å². The molecular formula is C13H13BrN2O2S. The van der Waals surface area contributed by atoms with E-state index in [1.54, 1.807) is 0 Å². The fourth-order valence-electron chi connectivity index (χ4n) is 1.67. The van der Waals surface area contributed by atoms with E-state index in [1.165, 1.54) is 24.6 Å². The molecule has 0 radical (unpaired) electrons. The summed E-state index contributed by atoms with van der Waals surface area (Å²) in [4.78, 5) is 16.0. The summed E-state index contributed by atoms with van der Waals surface area (Å²) in [6, 6.07) is 4.05. The zero-order valence-electron chi connectivity index (χ0n) is 10.8. The maximum Gasteiger partial charge on any atom is 0.349 e. The number of carbonyl (C=O) groups is 1. The second-order valence-corrected chi connectivity index (χ2v) is 5.89. The minimum Gasteiger partial charge on any atom is -0.465 e. The van der Waals surface area contributed by atoms with E-state index in [0.717, 1.165) is 21.3 Å². The second-order valence-electron chi connectivity index (χ2n) is 4.07. The zero-order valence-corrected chi connectivity index (χ0v) is 13.2. The number of ether oxygens (including phenoxy) is 1. The summed E-state index contributed by atoms with van der Waals surface area (Å²) < 4.78 is 5.76. The molecule has 1 aromatic carbocycles. The van der Waals surface area contributed by atoms with Crippen LogP contribution in [0.5, 0.6) is 0 Å². The normalized spacial score (nSPS) is 10.3. The smallest absolute Gasteiger partial charge is 0.349 e. The molecule has 0 spiro atoms. The second kappa shape index (κ2) is 5.71. The molecule has 0 aliphatic rings. The number of carbonyl (C=O) groups excluding carboxylic acids is 1. The predicted octanol–water partition coefficient (Wildman–Crippen LogP) is 4.05. The summed E-state index contributed by atoms with van der Waals surface area (Å²) in [6.45, 7) is 4.06. The summed E-state index contributed by atoms with van der Waals surface area (Å²) in [6.07, 6.45) is 1.51. The number of nitrogens with zero attached hydrogens (tertiary/aromatic N) is 1. The average Bonchev–Trinajstić information content (AvgIpc) is 2.83. The Labute approximate surface area is 124 Å². The Morgan fingerprint density at radius 1 is 1.37 bits per heavy atom. The molecule has 0 amide bonds. The molecule has 19 heavy (non-hydrogen) atoms. The van der Waals surface area contributed by atoms with Crippen molar-refractivity contribution < 1.29 is 9.53 Å². The van der Waals surface area contributed by atoms with Gasteiger partial charge in [-0.25, -0.2) is 9.78 Å². The number of aryl methyl sites for hydroxylation is 2. The predicted molar refractivity (Wildman–Crippen MR) is 80.4 cm³/mol. The van der Waals surface area contributed by atoms with Crippen molar-refractivity contribution in [2.75, 3.05) is 12.4 Å². The van der Waals surface area contributed by atoms with Gasteiger partial charge in [-0.3, -0.25) is 0 Å². The molecule has 100 valence electrons. The molecule has 2 aromatic rings. The SMILES string of the molecule is COC(=O)c1cnc(Nc2cc(C)c(Br)c(C)c2)s1. The van der Waals surface area contributed by atoms with Crippen LogP contribution in [0.1, 0.15) is 20.8 Å². The molecule has 0 saturated heterocycles. The fraction of sp³-hybridized carbons (Fsp3) is 0.231. The number of benzene rings is 1. The van der Waals surface area contributed by atoms with Gasteiger partial charge in [0.25, 0.3) is 0 Å². The Hall–Kier alpha value is -1.40. The van der Waals surface area contributed by atoms with E-state index >= 15 is 0 Å². The molecule has 0 aliphatic carbocycles. The Morgan fingerprint density at radius 3 is 2.58 bits per heavy atom. The number of methoxy groups -OCH3 is 1. The Balaban J connectivity index is 2.22. The third kappa shape index (κ3) is 3.13. The number of anilines is 2. The van der Waals surface area contributed by atoms with Crippen LogP contribution < -0.4 is 5.32 Å². The van der Waals surface area contributed by atoms with Gasteiger partial charge in [0.15, 0.2) is 5.13 Å². The molecule has 1 heterocycles. The van der Waals surface area contributed by atoms with Crippen LogP contribution in [0.25, 0.3) is 0 Å². The summed E-state index contributed by atoms with van der Waals surface area (Å²) in [7, 11) is 1.36. The monoisotopic (exact) mass is 340 g/mol. The van der Waals surface area contributed by atoms with E-state index in [0.29, 0.717) is 10.0 Å². The van der Waals surface area contributed by atoms with E-state index in [9.17, 15) is 4.79 Å². The molecule has 0 aliphatic heterocycles.